The van der Waals surface area contributed by atoms with Gasteiger partial charge in [-0.15, -0.1) is 0 Å². The molecule has 108 valence electrons. The highest BCUT2D eigenvalue weighted by atomic mass is 19.1. The van der Waals surface area contributed by atoms with Crippen molar-refractivity contribution in [2.45, 2.75) is 12.8 Å². The van der Waals surface area contributed by atoms with Crippen molar-refractivity contribution in [2.24, 2.45) is 0 Å². The number of nitrogen functional groups attached to an aromatic ring is 1. The first-order valence-corrected chi connectivity index (χ1v) is 6.76. The predicted octanol–water partition coefficient (Wildman–Crippen LogP) is 2.71. The quantitative estimate of drug-likeness (QED) is 0.792. The van der Waals surface area contributed by atoms with E-state index in [1.54, 1.807) is 18.2 Å². The van der Waals surface area contributed by atoms with Gasteiger partial charge in [0, 0.05) is 17.9 Å². The van der Waals surface area contributed by atoms with Gasteiger partial charge in [-0.1, -0.05) is 12.1 Å². The molecule has 0 bridgehead atoms. The summed E-state index contributed by atoms with van der Waals surface area (Å²) >= 11 is 0. The van der Waals surface area contributed by atoms with E-state index in [0.717, 1.165) is 24.5 Å². The van der Waals surface area contributed by atoms with Crippen LogP contribution in [0.25, 0.3) is 0 Å². The van der Waals surface area contributed by atoms with E-state index in [2.05, 4.69) is 0 Å². The normalized spacial score (nSPS) is 13.9. The standard InChI is InChI=1S/C16H15FN2O2/c17-11-5-1-8-14(20)15(11)16(21)19-9-3-4-10-12(18)6-2-7-13(10)19/h1-2,5-8,20H,3-4,9,18H2. The zero-order chi connectivity index (χ0) is 15.0. The molecule has 5 heteroatoms. The Morgan fingerprint density at radius 3 is 2.76 bits per heavy atom. The van der Waals surface area contributed by atoms with Crippen molar-refractivity contribution in [2.75, 3.05) is 17.2 Å². The van der Waals surface area contributed by atoms with E-state index in [9.17, 15) is 14.3 Å². The van der Waals surface area contributed by atoms with Gasteiger partial charge in [-0.25, -0.2) is 4.39 Å². The van der Waals surface area contributed by atoms with Crippen molar-refractivity contribution in [3.8, 4) is 5.75 Å². The van der Waals surface area contributed by atoms with Gasteiger partial charge in [0.25, 0.3) is 5.91 Å². The molecule has 2 aromatic rings. The van der Waals surface area contributed by atoms with Crippen LogP contribution in [0.15, 0.2) is 36.4 Å². The number of amides is 1. The molecule has 0 aromatic heterocycles. The number of nitrogens with two attached hydrogens (primary N) is 1. The number of carbonyl (C=O) groups excluding carboxylic acids is 1. The van der Waals surface area contributed by atoms with Crippen molar-refractivity contribution < 1.29 is 14.3 Å². The van der Waals surface area contributed by atoms with Crippen LogP contribution in [-0.2, 0) is 6.42 Å². The van der Waals surface area contributed by atoms with Gasteiger partial charge in [-0.3, -0.25) is 4.79 Å². The molecule has 1 aliphatic rings. The average molecular weight is 286 g/mol. The SMILES string of the molecule is Nc1cccc2c1CCCN2C(=O)c1c(O)cccc1F. The summed E-state index contributed by atoms with van der Waals surface area (Å²) in [6, 6.07) is 9.18. The molecule has 0 saturated carbocycles. The lowest BCUT2D eigenvalue weighted by Gasteiger charge is -2.30. The van der Waals surface area contributed by atoms with E-state index in [-0.39, 0.29) is 11.3 Å². The second kappa shape index (κ2) is 5.09. The Hall–Kier alpha value is -2.56. The highest BCUT2D eigenvalue weighted by molar-refractivity contribution is 6.08. The fourth-order valence-electron chi connectivity index (χ4n) is 2.72. The van der Waals surface area contributed by atoms with Gasteiger partial charge in [-0.2, -0.15) is 0 Å². The third kappa shape index (κ3) is 2.20. The summed E-state index contributed by atoms with van der Waals surface area (Å²) in [5.74, 6) is -1.62. The number of halogens is 1. The van der Waals surface area contributed by atoms with Crippen molar-refractivity contribution in [1.29, 1.82) is 0 Å². The van der Waals surface area contributed by atoms with Crippen molar-refractivity contribution in [3.05, 3.63) is 53.3 Å². The molecular weight excluding hydrogens is 271 g/mol. The van der Waals surface area contributed by atoms with E-state index in [4.69, 9.17) is 5.73 Å². The number of benzene rings is 2. The fraction of sp³-hybridized carbons (Fsp3) is 0.188. The third-order valence-electron chi connectivity index (χ3n) is 3.74. The number of anilines is 2. The van der Waals surface area contributed by atoms with Crippen LogP contribution in [0.2, 0.25) is 0 Å². The molecule has 0 unspecified atom stereocenters. The number of aromatic hydroxyl groups is 1. The van der Waals surface area contributed by atoms with Crippen LogP contribution in [0.3, 0.4) is 0 Å². The van der Waals surface area contributed by atoms with Gasteiger partial charge in [0.05, 0.1) is 0 Å². The number of phenols is 1. The molecule has 4 nitrogen and oxygen atoms in total. The summed E-state index contributed by atoms with van der Waals surface area (Å²) in [7, 11) is 0. The number of hydrogen-bond acceptors (Lipinski definition) is 3. The Kier molecular flexibility index (Phi) is 3.25. The largest absolute Gasteiger partial charge is 0.507 e. The van der Waals surface area contributed by atoms with Gasteiger partial charge >= 0.3 is 0 Å². The molecule has 1 heterocycles. The molecule has 0 saturated heterocycles. The Morgan fingerprint density at radius 1 is 1.24 bits per heavy atom. The molecule has 1 aliphatic heterocycles. The first kappa shape index (κ1) is 13.4. The Bertz CT molecular complexity index is 695. The maximum absolute atomic E-state index is 13.9. The lowest BCUT2D eigenvalue weighted by atomic mass is 9.99. The van der Waals surface area contributed by atoms with E-state index < -0.39 is 11.7 Å². The molecule has 2 aromatic carbocycles. The van der Waals surface area contributed by atoms with Crippen LogP contribution in [0.4, 0.5) is 15.8 Å². The van der Waals surface area contributed by atoms with Gasteiger partial charge < -0.3 is 15.7 Å². The zero-order valence-corrected chi connectivity index (χ0v) is 11.3. The number of rotatable bonds is 1. The number of nitrogens with zero attached hydrogens (tertiary/aromatic N) is 1. The van der Waals surface area contributed by atoms with Crippen LogP contribution >= 0.6 is 0 Å². The Labute approximate surface area is 121 Å². The lowest BCUT2D eigenvalue weighted by Crippen LogP contribution is -2.36. The van der Waals surface area contributed by atoms with Gasteiger partial charge in [0.1, 0.15) is 17.1 Å². The lowest BCUT2D eigenvalue weighted by molar-refractivity contribution is 0.0978. The van der Waals surface area contributed by atoms with Crippen molar-refractivity contribution in [3.63, 3.8) is 0 Å². The minimum atomic E-state index is -0.726. The summed E-state index contributed by atoms with van der Waals surface area (Å²) in [6.07, 6.45) is 1.54. The van der Waals surface area contributed by atoms with Crippen molar-refractivity contribution in [1.82, 2.24) is 0 Å². The molecule has 0 radical (unpaired) electrons. The molecule has 1 amide bonds. The average Bonchev–Trinajstić information content (AvgIpc) is 2.47. The summed E-state index contributed by atoms with van der Waals surface area (Å²) in [4.78, 5) is 14.1. The molecule has 3 rings (SSSR count). The van der Waals surface area contributed by atoms with E-state index in [1.165, 1.54) is 17.0 Å². The van der Waals surface area contributed by atoms with Crippen LogP contribution in [0, 0.1) is 5.82 Å². The molecule has 21 heavy (non-hydrogen) atoms. The molecule has 0 spiro atoms. The minimum Gasteiger partial charge on any atom is -0.507 e. The minimum absolute atomic E-state index is 0.298. The number of hydrogen-bond donors (Lipinski definition) is 2. The summed E-state index contributed by atoms with van der Waals surface area (Å²) in [6.45, 7) is 0.475. The summed E-state index contributed by atoms with van der Waals surface area (Å²) < 4.78 is 13.9. The van der Waals surface area contributed by atoms with Gasteiger partial charge in [0.15, 0.2) is 0 Å². The van der Waals surface area contributed by atoms with E-state index >= 15 is 0 Å². The molecule has 3 N–H and O–H groups in total. The second-order valence-corrected chi connectivity index (χ2v) is 5.04. The van der Waals surface area contributed by atoms with Crippen LogP contribution < -0.4 is 10.6 Å². The first-order chi connectivity index (χ1) is 10.1. The smallest absolute Gasteiger partial charge is 0.265 e. The number of carbonyl (C=O) groups is 1. The van der Waals surface area contributed by atoms with Gasteiger partial charge in [0.2, 0.25) is 0 Å². The van der Waals surface area contributed by atoms with Gasteiger partial charge in [-0.05, 0) is 42.7 Å². The molecule has 0 atom stereocenters. The maximum Gasteiger partial charge on any atom is 0.265 e. The van der Waals surface area contributed by atoms with E-state index in [1.807, 2.05) is 0 Å². The maximum atomic E-state index is 13.9. The second-order valence-electron chi connectivity index (χ2n) is 5.04. The monoisotopic (exact) mass is 286 g/mol. The summed E-state index contributed by atoms with van der Waals surface area (Å²) in [5, 5.41) is 9.78. The van der Waals surface area contributed by atoms with Crippen LogP contribution in [0.5, 0.6) is 5.75 Å². The predicted molar refractivity (Wildman–Crippen MR) is 78.9 cm³/mol. The third-order valence-corrected chi connectivity index (χ3v) is 3.74. The summed E-state index contributed by atoms with van der Waals surface area (Å²) in [5.41, 5.74) is 7.86. The van der Waals surface area contributed by atoms with Crippen LogP contribution in [0.1, 0.15) is 22.3 Å². The Balaban J connectivity index is 2.07. The zero-order valence-electron chi connectivity index (χ0n) is 11.3. The van der Waals surface area contributed by atoms with Crippen LogP contribution in [-0.4, -0.2) is 17.6 Å². The number of phenolic OH excluding ortho intramolecular Hbond substituents is 1. The highest BCUT2D eigenvalue weighted by Gasteiger charge is 2.28. The molecular formula is C16H15FN2O2. The fourth-order valence-corrected chi connectivity index (χ4v) is 2.72. The Morgan fingerprint density at radius 2 is 2.00 bits per heavy atom. The topological polar surface area (TPSA) is 66.6 Å². The van der Waals surface area contributed by atoms with Crippen molar-refractivity contribution >= 4 is 17.3 Å². The number of fused-ring (bicyclic) bond motifs is 1. The molecule has 0 aliphatic carbocycles. The van der Waals surface area contributed by atoms with E-state index in [0.29, 0.717) is 17.9 Å². The molecule has 0 fully saturated rings. The highest BCUT2D eigenvalue weighted by Crippen LogP contribution is 2.33. The first-order valence-electron chi connectivity index (χ1n) is 6.76.